The van der Waals surface area contributed by atoms with Gasteiger partial charge in [0.05, 0.1) is 5.69 Å². The quantitative estimate of drug-likeness (QED) is 0.174. The maximum atomic E-state index is 14.6. The minimum Gasteiger partial charge on any atom is -0.508 e. The molecule has 0 unspecified atom stereocenters. The van der Waals surface area contributed by atoms with Crippen LogP contribution < -0.4 is 21.3 Å². The number of phenolic OH excluding ortho intramolecular Hbond substituents is 1. The number of nitrogens with two attached hydrogens (primary N) is 1. The lowest BCUT2D eigenvalue weighted by molar-refractivity contribution is -0.122. The summed E-state index contributed by atoms with van der Waals surface area (Å²) in [7, 11) is 0. The molecule has 234 valence electrons. The molecular formula is C35H39N5O4S. The number of carbonyl (C=O) groups is 3. The smallest absolute Gasteiger partial charge is 0.273 e. The van der Waals surface area contributed by atoms with Gasteiger partial charge in [-0.3, -0.25) is 19.3 Å². The van der Waals surface area contributed by atoms with Crippen LogP contribution in [0.3, 0.4) is 0 Å². The minimum atomic E-state index is -1.12. The largest absolute Gasteiger partial charge is 0.508 e. The molecule has 0 bridgehead atoms. The van der Waals surface area contributed by atoms with Gasteiger partial charge in [-0.15, -0.1) is 0 Å². The third kappa shape index (κ3) is 7.51. The molecule has 1 aliphatic rings. The van der Waals surface area contributed by atoms with E-state index in [0.717, 1.165) is 60.3 Å². The molecule has 0 saturated heterocycles. The lowest BCUT2D eigenvalue weighted by atomic mass is 9.95. The van der Waals surface area contributed by atoms with Gasteiger partial charge in [0.25, 0.3) is 11.8 Å². The standard InChI is InChI=1S/C35H39N5O4S/c1-22-13-14-23(2)28(21-22)40(35(44)32-29(36)30(39-45-32)33(42)38-26-11-7-4-8-12-26)31(25-15-17-27(41)18-16-25)34(43)37-20-19-24-9-5-3-6-10-24/h3,5-6,9-10,13-18,21,26,31,41H,4,7-8,11-12,19-20,36H2,1-2H3,(H,37,43)(H,38,42)/t31-/m1/s1. The van der Waals surface area contributed by atoms with E-state index in [-0.39, 0.29) is 28.0 Å². The molecule has 0 aliphatic heterocycles. The fraction of sp³-hybridized carbons (Fsp3) is 0.314. The Labute approximate surface area is 267 Å². The molecule has 4 aromatic rings. The van der Waals surface area contributed by atoms with Crippen molar-refractivity contribution < 1.29 is 19.5 Å². The summed E-state index contributed by atoms with van der Waals surface area (Å²) < 4.78 is 4.31. The second kappa shape index (κ2) is 14.4. The molecule has 3 aromatic carbocycles. The van der Waals surface area contributed by atoms with Crippen LogP contribution in [0.2, 0.25) is 0 Å². The van der Waals surface area contributed by atoms with E-state index in [2.05, 4.69) is 15.0 Å². The second-order valence-corrected chi connectivity index (χ2v) is 12.3. The van der Waals surface area contributed by atoms with Crippen molar-refractivity contribution in [2.45, 2.75) is 64.5 Å². The summed E-state index contributed by atoms with van der Waals surface area (Å²) in [5.41, 5.74) is 10.2. The minimum absolute atomic E-state index is 0.0115. The van der Waals surface area contributed by atoms with Crippen LogP contribution in [0.25, 0.3) is 0 Å². The van der Waals surface area contributed by atoms with Crippen molar-refractivity contribution in [1.82, 2.24) is 15.0 Å². The third-order valence-corrected chi connectivity index (χ3v) is 9.04. The van der Waals surface area contributed by atoms with Crippen LogP contribution >= 0.6 is 11.5 Å². The summed E-state index contributed by atoms with van der Waals surface area (Å²) in [5, 5.41) is 16.1. The number of carbonyl (C=O) groups excluding carboxylic acids is 3. The van der Waals surface area contributed by atoms with Crippen LogP contribution in [0.15, 0.2) is 72.8 Å². The van der Waals surface area contributed by atoms with Crippen molar-refractivity contribution in [3.8, 4) is 5.75 Å². The Kier molecular flexibility index (Phi) is 10.1. The number of amides is 3. The summed E-state index contributed by atoms with van der Waals surface area (Å²) in [5.74, 6) is -1.32. The predicted molar refractivity (Wildman–Crippen MR) is 178 cm³/mol. The molecule has 10 heteroatoms. The van der Waals surface area contributed by atoms with Gasteiger partial charge in [0.1, 0.15) is 16.7 Å². The third-order valence-electron chi connectivity index (χ3n) is 8.19. The van der Waals surface area contributed by atoms with E-state index in [9.17, 15) is 19.5 Å². The molecule has 1 aromatic heterocycles. The van der Waals surface area contributed by atoms with Crippen LogP contribution in [0, 0.1) is 13.8 Å². The Hall–Kier alpha value is -4.70. The van der Waals surface area contributed by atoms with Gasteiger partial charge >= 0.3 is 0 Å². The highest BCUT2D eigenvalue weighted by Crippen LogP contribution is 2.36. The normalized spacial score (nSPS) is 14.0. The molecule has 1 heterocycles. The topological polar surface area (TPSA) is 138 Å². The lowest BCUT2D eigenvalue weighted by Crippen LogP contribution is -2.45. The predicted octanol–water partition coefficient (Wildman–Crippen LogP) is 5.86. The number of hydrogen-bond donors (Lipinski definition) is 4. The molecule has 3 amide bonds. The van der Waals surface area contributed by atoms with E-state index in [1.807, 2.05) is 62.4 Å². The average Bonchev–Trinajstić information content (AvgIpc) is 3.43. The van der Waals surface area contributed by atoms with E-state index in [1.165, 1.54) is 17.0 Å². The molecule has 1 atom stereocenters. The highest BCUT2D eigenvalue weighted by molar-refractivity contribution is 7.09. The number of aryl methyl sites for hydroxylation is 2. The zero-order chi connectivity index (χ0) is 31.9. The Morgan fingerprint density at radius 3 is 2.42 bits per heavy atom. The number of phenols is 1. The molecule has 45 heavy (non-hydrogen) atoms. The molecule has 0 spiro atoms. The Balaban J connectivity index is 1.52. The molecule has 0 radical (unpaired) electrons. The van der Waals surface area contributed by atoms with Gasteiger partial charge in [0.2, 0.25) is 5.91 Å². The van der Waals surface area contributed by atoms with Crippen molar-refractivity contribution in [2.75, 3.05) is 17.2 Å². The lowest BCUT2D eigenvalue weighted by Gasteiger charge is -2.32. The molecule has 5 N–H and O–H groups in total. The average molecular weight is 626 g/mol. The Morgan fingerprint density at radius 2 is 1.71 bits per heavy atom. The summed E-state index contributed by atoms with van der Waals surface area (Å²) in [6.07, 6.45) is 5.66. The summed E-state index contributed by atoms with van der Waals surface area (Å²) in [6, 6.07) is 20.7. The Morgan fingerprint density at radius 1 is 1.00 bits per heavy atom. The molecule has 9 nitrogen and oxygen atoms in total. The first-order valence-corrected chi connectivity index (χ1v) is 16.1. The van der Waals surface area contributed by atoms with Crippen molar-refractivity contribution in [3.63, 3.8) is 0 Å². The molecule has 1 saturated carbocycles. The summed E-state index contributed by atoms with van der Waals surface area (Å²) >= 11 is 0.851. The first-order valence-electron chi connectivity index (χ1n) is 15.3. The van der Waals surface area contributed by atoms with E-state index >= 15 is 0 Å². The van der Waals surface area contributed by atoms with E-state index in [1.54, 1.807) is 12.1 Å². The number of nitrogen functional groups attached to an aromatic ring is 1. The number of anilines is 2. The van der Waals surface area contributed by atoms with Crippen LogP contribution in [0.4, 0.5) is 11.4 Å². The van der Waals surface area contributed by atoms with Crippen molar-refractivity contribution >= 4 is 40.6 Å². The van der Waals surface area contributed by atoms with Crippen LogP contribution in [-0.4, -0.2) is 39.8 Å². The van der Waals surface area contributed by atoms with Crippen LogP contribution in [0.5, 0.6) is 5.75 Å². The number of aromatic nitrogens is 1. The summed E-state index contributed by atoms with van der Waals surface area (Å²) in [6.45, 7) is 4.13. The highest BCUT2D eigenvalue weighted by Gasteiger charge is 2.37. The molecule has 1 aliphatic carbocycles. The van der Waals surface area contributed by atoms with Crippen molar-refractivity contribution in [3.05, 3.63) is 106 Å². The van der Waals surface area contributed by atoms with Gasteiger partial charge < -0.3 is 21.5 Å². The number of benzene rings is 3. The maximum Gasteiger partial charge on any atom is 0.273 e. The van der Waals surface area contributed by atoms with Crippen LogP contribution in [0.1, 0.15) is 80.6 Å². The van der Waals surface area contributed by atoms with Crippen LogP contribution in [-0.2, 0) is 11.2 Å². The first kappa shape index (κ1) is 31.7. The van der Waals surface area contributed by atoms with Crippen molar-refractivity contribution in [1.29, 1.82) is 0 Å². The van der Waals surface area contributed by atoms with E-state index in [4.69, 9.17) is 5.73 Å². The zero-order valence-electron chi connectivity index (χ0n) is 25.6. The molecular weight excluding hydrogens is 586 g/mol. The van der Waals surface area contributed by atoms with Gasteiger partial charge in [0, 0.05) is 18.3 Å². The number of nitrogens with one attached hydrogen (secondary N) is 2. The Bertz CT molecular complexity index is 1650. The monoisotopic (exact) mass is 625 g/mol. The van der Waals surface area contributed by atoms with Gasteiger partial charge in [-0.2, -0.15) is 4.37 Å². The number of rotatable bonds is 10. The maximum absolute atomic E-state index is 14.6. The molecule has 1 fully saturated rings. The van der Waals surface area contributed by atoms with Gasteiger partial charge in [-0.25, -0.2) is 0 Å². The number of aromatic hydroxyl groups is 1. The van der Waals surface area contributed by atoms with Crippen molar-refractivity contribution in [2.24, 2.45) is 0 Å². The zero-order valence-corrected chi connectivity index (χ0v) is 26.4. The highest BCUT2D eigenvalue weighted by atomic mass is 32.1. The fourth-order valence-corrected chi connectivity index (χ4v) is 6.45. The van der Waals surface area contributed by atoms with E-state index in [0.29, 0.717) is 24.2 Å². The van der Waals surface area contributed by atoms with Gasteiger partial charge in [-0.1, -0.05) is 73.9 Å². The SMILES string of the molecule is Cc1ccc(C)c(N(C(=O)c2snc(C(=O)NC3CCCCC3)c2N)[C@@H](C(=O)NCCc2ccccc2)c2ccc(O)cc2)c1. The van der Waals surface area contributed by atoms with E-state index < -0.39 is 23.8 Å². The van der Waals surface area contributed by atoms with Gasteiger partial charge in [-0.05, 0) is 85.1 Å². The first-order chi connectivity index (χ1) is 21.7. The number of hydrogen-bond acceptors (Lipinski definition) is 7. The fourth-order valence-electron chi connectivity index (χ4n) is 5.72. The van der Waals surface area contributed by atoms with Gasteiger partial charge in [0.15, 0.2) is 5.69 Å². The number of nitrogens with zero attached hydrogens (tertiary/aromatic N) is 2. The molecule has 5 rings (SSSR count). The second-order valence-electron chi connectivity index (χ2n) is 11.6. The summed E-state index contributed by atoms with van der Waals surface area (Å²) in [4.78, 5) is 43.4.